The van der Waals surface area contributed by atoms with E-state index in [0.29, 0.717) is 31.6 Å². The van der Waals surface area contributed by atoms with E-state index in [1.807, 2.05) is 0 Å². The molecule has 27 heavy (non-hydrogen) atoms. The summed E-state index contributed by atoms with van der Waals surface area (Å²) in [5, 5.41) is 0. The third kappa shape index (κ3) is 5.68. The Bertz CT molecular complexity index is 667. The van der Waals surface area contributed by atoms with Crippen LogP contribution in [-0.4, -0.2) is 36.5 Å². The molecule has 0 unspecified atom stereocenters. The summed E-state index contributed by atoms with van der Waals surface area (Å²) in [4.78, 5) is 25.8. The van der Waals surface area contributed by atoms with E-state index < -0.39 is 23.5 Å². The van der Waals surface area contributed by atoms with Crippen LogP contribution >= 0.6 is 0 Å². The molecule has 1 aromatic rings. The zero-order chi connectivity index (χ0) is 20.0. The van der Waals surface area contributed by atoms with Crippen LogP contribution in [0.3, 0.4) is 0 Å². The highest BCUT2D eigenvalue weighted by molar-refractivity contribution is 5.94. The van der Waals surface area contributed by atoms with Crippen molar-refractivity contribution in [3.8, 4) is 0 Å². The third-order valence-corrected chi connectivity index (χ3v) is 4.63. The lowest BCUT2D eigenvalue weighted by Crippen LogP contribution is -2.40. The molecule has 1 heterocycles. The smallest absolute Gasteiger partial charge is 0.419 e. The molecule has 1 saturated heterocycles. The number of esters is 1. The van der Waals surface area contributed by atoms with E-state index in [1.54, 1.807) is 0 Å². The fourth-order valence-electron chi connectivity index (χ4n) is 3.02. The van der Waals surface area contributed by atoms with Gasteiger partial charge in [-0.15, -0.1) is 0 Å². The molecule has 0 spiro atoms. The fraction of sp³-hybridized carbons (Fsp3) is 0.579. The molecule has 1 aliphatic heterocycles. The van der Waals surface area contributed by atoms with Crippen molar-refractivity contribution in [2.75, 3.05) is 19.7 Å². The molecule has 0 aliphatic carbocycles. The molecular weight excluding hydrogens is 366 g/mol. The minimum absolute atomic E-state index is 0.138. The van der Waals surface area contributed by atoms with E-state index in [2.05, 4.69) is 6.92 Å². The van der Waals surface area contributed by atoms with Crippen molar-refractivity contribution < 1.29 is 31.9 Å². The quantitative estimate of drug-likeness (QED) is 0.411. The van der Waals surface area contributed by atoms with Gasteiger partial charge in [-0.25, -0.2) is 4.39 Å². The van der Waals surface area contributed by atoms with Crippen LogP contribution in [0.5, 0.6) is 0 Å². The normalized spacial score (nSPS) is 15.7. The van der Waals surface area contributed by atoms with Crippen LogP contribution in [0.25, 0.3) is 0 Å². The summed E-state index contributed by atoms with van der Waals surface area (Å²) >= 11 is 0. The van der Waals surface area contributed by atoms with Crippen molar-refractivity contribution in [2.45, 2.75) is 45.2 Å². The second kappa shape index (κ2) is 9.19. The van der Waals surface area contributed by atoms with Gasteiger partial charge >= 0.3 is 12.1 Å². The lowest BCUT2D eigenvalue weighted by Gasteiger charge is -2.31. The lowest BCUT2D eigenvalue weighted by atomic mass is 9.96. The van der Waals surface area contributed by atoms with E-state index in [1.165, 1.54) is 4.90 Å². The van der Waals surface area contributed by atoms with Crippen LogP contribution < -0.4 is 0 Å². The number of halogens is 4. The van der Waals surface area contributed by atoms with Crippen LogP contribution in [0.15, 0.2) is 18.2 Å². The highest BCUT2D eigenvalue weighted by Crippen LogP contribution is 2.32. The van der Waals surface area contributed by atoms with Gasteiger partial charge < -0.3 is 9.64 Å². The monoisotopic (exact) mass is 389 g/mol. The number of amides is 1. The molecule has 4 nitrogen and oxygen atoms in total. The number of hydrogen-bond acceptors (Lipinski definition) is 3. The third-order valence-electron chi connectivity index (χ3n) is 4.63. The number of benzene rings is 1. The minimum Gasteiger partial charge on any atom is -0.465 e. The average Bonchev–Trinajstić information content (AvgIpc) is 2.63. The van der Waals surface area contributed by atoms with E-state index >= 15 is 0 Å². The van der Waals surface area contributed by atoms with Gasteiger partial charge in [0.1, 0.15) is 5.82 Å². The predicted molar refractivity (Wildman–Crippen MR) is 90.5 cm³/mol. The summed E-state index contributed by atoms with van der Waals surface area (Å²) < 4.78 is 56.7. The maximum absolute atomic E-state index is 13.7. The number of likely N-dealkylation sites (tertiary alicyclic amines) is 1. The number of ether oxygens (including phenoxy) is 1. The molecule has 8 heteroatoms. The Kier molecular flexibility index (Phi) is 7.21. The minimum atomic E-state index is -4.80. The van der Waals surface area contributed by atoms with E-state index in [4.69, 9.17) is 4.74 Å². The molecule has 0 bridgehead atoms. The zero-order valence-electron chi connectivity index (χ0n) is 15.2. The van der Waals surface area contributed by atoms with Gasteiger partial charge in [-0.1, -0.05) is 19.8 Å². The number of carbonyl (C=O) groups is 2. The summed E-state index contributed by atoms with van der Waals surface area (Å²) in [6.45, 7) is 2.99. The molecule has 0 N–H and O–H groups in total. The molecule has 1 aromatic carbocycles. The number of hydrogen-bond donors (Lipinski definition) is 0. The van der Waals surface area contributed by atoms with Crippen molar-refractivity contribution in [3.05, 3.63) is 35.1 Å². The van der Waals surface area contributed by atoms with Crippen LogP contribution in [0.1, 0.15) is 54.9 Å². The summed E-state index contributed by atoms with van der Waals surface area (Å²) in [7, 11) is 0. The number of rotatable bonds is 6. The van der Waals surface area contributed by atoms with E-state index in [9.17, 15) is 27.2 Å². The van der Waals surface area contributed by atoms with Gasteiger partial charge in [-0.2, -0.15) is 13.2 Å². The van der Waals surface area contributed by atoms with Crippen molar-refractivity contribution in [2.24, 2.45) is 5.92 Å². The molecule has 1 fully saturated rings. The Labute approximate surface area is 155 Å². The number of alkyl halides is 3. The molecule has 150 valence electrons. The highest BCUT2D eigenvalue weighted by atomic mass is 19.4. The first-order chi connectivity index (χ1) is 12.7. The number of piperidine rings is 1. The molecule has 1 aliphatic rings. The first-order valence-corrected chi connectivity index (χ1v) is 9.06. The van der Waals surface area contributed by atoms with E-state index in [0.717, 1.165) is 25.3 Å². The zero-order valence-corrected chi connectivity index (χ0v) is 15.2. The van der Waals surface area contributed by atoms with Gasteiger partial charge in [0.05, 0.1) is 18.1 Å². The molecular formula is C19H23F4NO3. The fourth-order valence-corrected chi connectivity index (χ4v) is 3.02. The van der Waals surface area contributed by atoms with Crippen molar-refractivity contribution >= 4 is 11.9 Å². The van der Waals surface area contributed by atoms with Gasteiger partial charge in [-0.05, 0) is 37.5 Å². The molecule has 0 atom stereocenters. The second-order valence-corrected chi connectivity index (χ2v) is 6.63. The summed E-state index contributed by atoms with van der Waals surface area (Å²) in [5.41, 5.74) is -1.54. The summed E-state index contributed by atoms with van der Waals surface area (Å²) in [6, 6.07) is 2.16. The topological polar surface area (TPSA) is 46.6 Å². The van der Waals surface area contributed by atoms with Gasteiger partial charge in [0, 0.05) is 18.7 Å². The predicted octanol–water partition coefficient (Wildman–Crippen LogP) is 4.43. The summed E-state index contributed by atoms with van der Waals surface area (Å²) in [6.07, 6.45) is -1.13. The molecule has 2 rings (SSSR count). The number of carbonyl (C=O) groups excluding carboxylic acids is 2. The summed E-state index contributed by atoms with van der Waals surface area (Å²) in [5.74, 6) is -2.59. The largest absolute Gasteiger partial charge is 0.465 e. The molecule has 0 aromatic heterocycles. The number of nitrogens with zero attached hydrogens (tertiary/aromatic N) is 1. The first kappa shape index (κ1) is 21.2. The maximum atomic E-state index is 13.7. The van der Waals surface area contributed by atoms with Crippen molar-refractivity contribution in [3.63, 3.8) is 0 Å². The Morgan fingerprint density at radius 2 is 1.85 bits per heavy atom. The average molecular weight is 389 g/mol. The Morgan fingerprint density at radius 1 is 1.19 bits per heavy atom. The second-order valence-electron chi connectivity index (χ2n) is 6.63. The van der Waals surface area contributed by atoms with Crippen molar-refractivity contribution in [1.29, 1.82) is 0 Å². The van der Waals surface area contributed by atoms with E-state index in [-0.39, 0.29) is 30.5 Å². The van der Waals surface area contributed by atoms with Crippen LogP contribution in [0.2, 0.25) is 0 Å². The first-order valence-electron chi connectivity index (χ1n) is 9.06. The molecule has 1 amide bonds. The Balaban J connectivity index is 1.89. The van der Waals surface area contributed by atoms with Crippen LogP contribution in [-0.2, 0) is 15.7 Å². The molecule has 0 saturated carbocycles. The van der Waals surface area contributed by atoms with Gasteiger partial charge in [-0.3, -0.25) is 9.59 Å². The SMILES string of the molecule is CCCCCOC(=O)C1CCN(C(=O)c2ccc(C(F)(F)F)c(F)c2)CC1. The van der Waals surface area contributed by atoms with Crippen LogP contribution in [0, 0.1) is 11.7 Å². The highest BCUT2D eigenvalue weighted by Gasteiger charge is 2.35. The Hall–Kier alpha value is -2.12. The maximum Gasteiger partial charge on any atom is 0.419 e. The standard InChI is InChI=1S/C19H23F4NO3/c1-2-3-4-11-27-18(26)13-7-9-24(10-8-13)17(25)14-5-6-15(16(20)12-14)19(21,22)23/h5-6,12-13H,2-4,7-11H2,1H3. The van der Waals surface area contributed by atoms with Crippen LogP contribution in [0.4, 0.5) is 17.6 Å². The van der Waals surface area contributed by atoms with Gasteiger partial charge in [0.2, 0.25) is 0 Å². The number of unbranched alkanes of at least 4 members (excludes halogenated alkanes) is 2. The Morgan fingerprint density at radius 3 is 2.41 bits per heavy atom. The van der Waals surface area contributed by atoms with Gasteiger partial charge in [0.25, 0.3) is 5.91 Å². The lowest BCUT2D eigenvalue weighted by molar-refractivity contribution is -0.150. The molecule has 0 radical (unpaired) electrons. The van der Waals surface area contributed by atoms with Crippen molar-refractivity contribution in [1.82, 2.24) is 4.90 Å². The van der Waals surface area contributed by atoms with Gasteiger partial charge in [0.15, 0.2) is 0 Å².